The molecule has 1 aliphatic heterocycles. The molecule has 98 heavy (non-hydrogen) atoms. The number of hydrogen-bond acceptors (Lipinski definition) is 21. The van der Waals surface area contributed by atoms with Gasteiger partial charge in [0, 0.05) is 56.8 Å². The number of carbonyl (C=O) groups excluding carboxylic acids is 13. The van der Waals surface area contributed by atoms with Crippen LogP contribution in [0.2, 0.25) is 0 Å². The number of amides is 14. The van der Waals surface area contributed by atoms with Crippen molar-refractivity contribution in [2.24, 2.45) is 28.7 Å². The molecule has 14 amide bonds. The smallest absolute Gasteiger partial charge is 0.312 e. The fourth-order valence-electron chi connectivity index (χ4n) is 9.66. The summed E-state index contributed by atoms with van der Waals surface area (Å²) in [6.07, 6.45) is 0.432. The Morgan fingerprint density at radius 1 is 0.643 bits per heavy atom. The summed E-state index contributed by atoms with van der Waals surface area (Å²) in [5.41, 5.74) is 28.3. The van der Waals surface area contributed by atoms with Gasteiger partial charge in [-0.2, -0.15) is 25.3 Å². The van der Waals surface area contributed by atoms with Gasteiger partial charge in [-0.3, -0.25) is 67.7 Å². The molecule has 12 atom stereocenters. The highest BCUT2D eigenvalue weighted by Crippen LogP contribution is 2.23. The van der Waals surface area contributed by atoms with Crippen molar-refractivity contribution in [3.63, 3.8) is 0 Å². The average Bonchev–Trinajstić information content (AvgIpc) is 1.60. The summed E-state index contributed by atoms with van der Waals surface area (Å²) in [6, 6.07) is -8.56. The third-order valence-corrected chi connectivity index (χ3v) is 16.5. The number of hydrogen-bond donors (Lipinski definition) is 23. The van der Waals surface area contributed by atoms with E-state index in [0.29, 0.717) is 14.7 Å². The molecule has 3 rings (SSSR count). The number of carboxylic acid groups (broad SMARTS) is 1. The second-order valence-electron chi connectivity index (χ2n) is 22.6. The molecule has 0 radical (unpaired) electrons. The molecule has 538 valence electrons. The minimum Gasteiger partial charge on any atom is -0.508 e. The van der Waals surface area contributed by atoms with E-state index >= 15 is 0 Å². The Balaban J connectivity index is 1.99. The molecule has 39 heteroatoms. The number of phenols is 2. The summed E-state index contributed by atoms with van der Waals surface area (Å²) in [4.78, 5) is 190. The number of nitrogens with zero attached hydrogens (tertiary/aromatic N) is 1. The summed E-state index contributed by atoms with van der Waals surface area (Å²) in [5.74, 6) is -12.9. The van der Waals surface area contributed by atoms with E-state index in [1.807, 2.05) is 0 Å². The number of nitrogens with two attached hydrogens (primary N) is 5. The summed E-state index contributed by atoms with van der Waals surface area (Å²) in [6.45, 7) is 0.772. The van der Waals surface area contributed by atoms with Gasteiger partial charge in [0.1, 0.15) is 71.9 Å². The zero-order chi connectivity index (χ0) is 73.5. The predicted octanol–water partition coefficient (Wildman–Crippen LogP) is -6.63. The summed E-state index contributed by atoms with van der Waals surface area (Å²) < 4.78 is 0.301. The lowest BCUT2D eigenvalue weighted by atomic mass is 10.0. The van der Waals surface area contributed by atoms with E-state index in [0.717, 1.165) is 11.8 Å². The van der Waals surface area contributed by atoms with Gasteiger partial charge in [0.15, 0.2) is 5.96 Å². The Labute approximate surface area is 587 Å². The molecular weight excluding hydrogens is 1440 g/mol. The Morgan fingerprint density at radius 3 is 1.67 bits per heavy atom. The van der Waals surface area contributed by atoms with Crippen LogP contribution in [-0.2, 0) is 75.2 Å². The highest BCUT2D eigenvalue weighted by molar-refractivity contribution is 14.1. The zero-order valence-corrected chi connectivity index (χ0v) is 57.1. The maximum atomic E-state index is 14.7. The number of primary amides is 3. The van der Waals surface area contributed by atoms with Gasteiger partial charge < -0.3 is 112 Å². The number of halogens is 1. The third kappa shape index (κ3) is 28.4. The molecule has 1 heterocycles. The Morgan fingerprint density at radius 2 is 1.14 bits per heavy atom. The number of aliphatic hydroxyl groups is 1. The van der Waals surface area contributed by atoms with Crippen LogP contribution < -0.4 is 87.2 Å². The number of aromatic hydroxyl groups is 2. The summed E-state index contributed by atoms with van der Waals surface area (Å²) in [7, 11) is 0. The number of likely N-dealkylation sites (tertiary alicyclic amines) is 1. The number of phenolic OH excluding ortho intramolecular Hbond substituents is 2. The zero-order valence-electron chi connectivity index (χ0n) is 53.2. The molecule has 26 N–H and O–H groups in total. The third-order valence-electron chi connectivity index (χ3n) is 14.9. The highest BCUT2D eigenvalue weighted by atomic mass is 127. The van der Waals surface area contributed by atoms with Crippen LogP contribution in [0.15, 0.2) is 42.5 Å². The standard InChI is InChI=1S/C59H85IN18O18S2/c1-3-7-34(69-50(88)36(8-4-19-67-58(64)65)72-55(93)42-10-6-21-78(42)57(95)40(25-45(83)84)75-56(94)46(28(2)79)77-48(86)33(61)26-97)49(87)70-35(9-5-20-68-59(66)96)51(89)74-39(24-30-13-17-43(81)32(60)22-30)53(91)71-37(16-18-44(62)82)52(90)76-41(27-98)54(92)73-38(47(63)85)23-29-11-14-31(80)15-12-29/h1,11-15,17,22,28,33-42,46,79-81,97-98H,4-10,16,18-21,23-27,61H2,2H3,(H2,62,82)(H2,63,85)(H,69,88)(H,70,87)(H,71,91)(H,72,93)(H,73,92)(H,74,89)(H,75,94)(H,76,90)(H,77,86)(H,83,84)(H4,64,65,67)(H3,66,68,96)/t28-,33+,34+,35+,36+,37+,38+,39+,40+,41+,42+,46+/m1/s1. The van der Waals surface area contributed by atoms with Crippen molar-refractivity contribution in [3.05, 3.63) is 57.2 Å². The molecule has 1 fully saturated rings. The lowest BCUT2D eigenvalue weighted by molar-refractivity contribution is -0.146. The first-order valence-corrected chi connectivity index (χ1v) is 32.8. The maximum Gasteiger partial charge on any atom is 0.312 e. The number of aliphatic hydroxyl groups excluding tert-OH is 1. The van der Waals surface area contributed by atoms with Crippen molar-refractivity contribution in [1.82, 2.24) is 63.4 Å². The maximum absolute atomic E-state index is 14.7. The van der Waals surface area contributed by atoms with Crippen LogP contribution in [0.3, 0.4) is 0 Å². The first-order chi connectivity index (χ1) is 46.2. The Kier molecular flexibility index (Phi) is 35.2. The lowest BCUT2D eigenvalue weighted by Crippen LogP contribution is -2.61. The van der Waals surface area contributed by atoms with E-state index < -0.39 is 194 Å². The van der Waals surface area contributed by atoms with Crippen molar-refractivity contribution in [3.8, 4) is 23.8 Å². The first kappa shape index (κ1) is 82.8. The number of urea groups is 1. The van der Waals surface area contributed by atoms with Gasteiger partial charge in [0.25, 0.3) is 0 Å². The molecule has 1 saturated heterocycles. The van der Waals surface area contributed by atoms with Crippen LogP contribution in [-0.4, -0.2) is 218 Å². The second-order valence-corrected chi connectivity index (χ2v) is 24.5. The normalized spacial score (nSPS) is 15.8. The Bertz CT molecular complexity index is 3260. The molecule has 36 nitrogen and oxygen atoms in total. The lowest BCUT2D eigenvalue weighted by Gasteiger charge is -2.31. The minimum absolute atomic E-state index is 0.00994. The molecule has 2 aromatic carbocycles. The number of carboxylic acids is 1. The number of aliphatic carboxylic acids is 1. The van der Waals surface area contributed by atoms with Crippen LogP contribution in [0, 0.1) is 21.3 Å². The van der Waals surface area contributed by atoms with Gasteiger partial charge in [0.2, 0.25) is 70.9 Å². The summed E-state index contributed by atoms with van der Waals surface area (Å²) in [5, 5.41) is 74.5. The number of rotatable bonds is 41. The molecule has 0 bridgehead atoms. The number of guanidine groups is 1. The van der Waals surface area contributed by atoms with E-state index in [2.05, 4.69) is 89.7 Å². The highest BCUT2D eigenvalue weighted by Gasteiger charge is 2.42. The van der Waals surface area contributed by atoms with Crippen LogP contribution in [0.4, 0.5) is 4.79 Å². The van der Waals surface area contributed by atoms with Gasteiger partial charge in [0.05, 0.1) is 22.1 Å². The van der Waals surface area contributed by atoms with Gasteiger partial charge in [-0.1, -0.05) is 18.2 Å². The topological polar surface area (TPSA) is 609 Å². The number of terminal acetylenes is 1. The fourth-order valence-corrected chi connectivity index (χ4v) is 10.7. The van der Waals surface area contributed by atoms with Gasteiger partial charge >= 0.3 is 12.0 Å². The second kappa shape index (κ2) is 41.6. The monoisotopic (exact) mass is 1520 g/mol. The summed E-state index contributed by atoms with van der Waals surface area (Å²) >= 11 is 9.94. The number of thiol groups is 2. The average molecular weight is 1530 g/mol. The first-order valence-electron chi connectivity index (χ1n) is 30.5. The molecule has 2 aromatic rings. The van der Waals surface area contributed by atoms with Crippen molar-refractivity contribution in [2.45, 2.75) is 157 Å². The molecule has 1 aliphatic rings. The molecule has 0 unspecified atom stereocenters. The van der Waals surface area contributed by atoms with Crippen molar-refractivity contribution in [1.29, 1.82) is 5.41 Å². The molecule has 0 aliphatic carbocycles. The van der Waals surface area contributed by atoms with E-state index in [-0.39, 0.29) is 87.6 Å². The molecule has 0 spiro atoms. The van der Waals surface area contributed by atoms with Gasteiger partial charge in [-0.25, -0.2) is 4.79 Å². The Hall–Kier alpha value is -9.40. The quantitative estimate of drug-likeness (QED) is 0.00735. The van der Waals surface area contributed by atoms with Gasteiger partial charge in [-0.05, 0) is 110 Å². The van der Waals surface area contributed by atoms with Crippen LogP contribution in [0.25, 0.3) is 0 Å². The van der Waals surface area contributed by atoms with Crippen LogP contribution >= 0.6 is 47.8 Å². The van der Waals surface area contributed by atoms with Crippen molar-refractivity contribution >= 4 is 137 Å². The fraction of sp³-hybridized carbons (Fsp3) is 0.508. The predicted molar refractivity (Wildman–Crippen MR) is 365 cm³/mol. The van der Waals surface area contributed by atoms with Crippen molar-refractivity contribution < 1.29 is 87.5 Å². The minimum atomic E-state index is -1.87. The van der Waals surface area contributed by atoms with Crippen molar-refractivity contribution in [2.75, 3.05) is 31.1 Å². The largest absolute Gasteiger partial charge is 0.508 e. The molecule has 0 aromatic heterocycles. The van der Waals surface area contributed by atoms with E-state index in [4.69, 9.17) is 40.5 Å². The van der Waals surface area contributed by atoms with E-state index in [1.165, 1.54) is 42.5 Å². The van der Waals surface area contributed by atoms with E-state index in [9.17, 15) is 87.5 Å². The molecular formula is C59H85IN18O18S2. The number of nitrogens with one attached hydrogen (secondary N) is 12. The van der Waals surface area contributed by atoms with E-state index in [1.54, 1.807) is 22.6 Å². The van der Waals surface area contributed by atoms with Gasteiger partial charge in [-0.15, -0.1) is 12.3 Å². The molecule has 0 saturated carbocycles. The van der Waals surface area contributed by atoms with Crippen LogP contribution in [0.5, 0.6) is 11.5 Å². The number of benzene rings is 2. The number of carbonyl (C=O) groups is 14. The SMILES string of the molecule is C#CC[C@H](NC(=O)[C@H](CCCNC(=N)N)NC(=O)[C@@H]1CCCN1C(=O)[C@H](CC(=O)O)NC(=O)[C@@H](NC(=O)[C@@H](N)CS)[C@@H](C)O)C(=O)N[C@@H](CCCNC(N)=O)C(=O)N[C@@H](Cc1ccc(O)c(I)c1)C(=O)N[C@@H](CCC(N)=O)C(=O)N[C@@H](CS)C(=O)N[C@@H](Cc1ccc(O)cc1)C(N)=O. The van der Waals surface area contributed by atoms with Crippen LogP contribution in [0.1, 0.15) is 82.3 Å².